The summed E-state index contributed by atoms with van der Waals surface area (Å²) in [5, 5.41) is 3.97. The van der Waals surface area contributed by atoms with Crippen molar-refractivity contribution in [3.8, 4) is 0 Å². The lowest BCUT2D eigenvalue weighted by atomic mass is 10.1. The molecule has 0 aromatic heterocycles. The third kappa shape index (κ3) is 8.35. The van der Waals surface area contributed by atoms with Gasteiger partial charge < -0.3 is 10.2 Å². The van der Waals surface area contributed by atoms with Crippen molar-refractivity contribution in [2.45, 2.75) is 77.4 Å². The number of amides is 2. The van der Waals surface area contributed by atoms with Gasteiger partial charge in [0.15, 0.2) is 0 Å². The molecular weight excluding hydrogens is 545 g/mol. The van der Waals surface area contributed by atoms with Gasteiger partial charge in [0, 0.05) is 35.6 Å². The first kappa shape index (κ1) is 30.3. The summed E-state index contributed by atoms with van der Waals surface area (Å²) < 4.78 is 26.3. The van der Waals surface area contributed by atoms with Crippen molar-refractivity contribution in [3.63, 3.8) is 0 Å². The quantitative estimate of drug-likeness (QED) is 0.354. The van der Waals surface area contributed by atoms with Crippen molar-refractivity contribution in [2.75, 3.05) is 17.1 Å². The number of nitrogens with zero attached hydrogens (tertiary/aromatic N) is 2. The van der Waals surface area contributed by atoms with E-state index >= 15 is 0 Å². The van der Waals surface area contributed by atoms with Gasteiger partial charge in [0.05, 0.1) is 11.9 Å². The molecule has 1 saturated carbocycles. The number of rotatable bonds is 12. The minimum Gasteiger partial charge on any atom is -0.352 e. The van der Waals surface area contributed by atoms with Gasteiger partial charge in [0.25, 0.3) is 0 Å². The van der Waals surface area contributed by atoms with Crippen molar-refractivity contribution in [3.05, 3.63) is 63.6 Å². The maximum atomic E-state index is 13.5. The molecule has 38 heavy (non-hydrogen) atoms. The number of nitrogens with one attached hydrogen (secondary N) is 1. The zero-order valence-corrected chi connectivity index (χ0v) is 24.6. The van der Waals surface area contributed by atoms with Gasteiger partial charge >= 0.3 is 0 Å². The molecule has 10 heteroatoms. The molecule has 0 unspecified atom stereocenters. The number of hydrogen-bond donors (Lipinski definition) is 1. The second-order valence-corrected chi connectivity index (χ2v) is 12.6. The first-order valence-corrected chi connectivity index (χ1v) is 15.7. The minimum absolute atomic E-state index is 0.0747. The number of halogens is 2. The molecule has 2 amide bonds. The first-order valence-electron chi connectivity index (χ1n) is 13.1. The van der Waals surface area contributed by atoms with Crippen molar-refractivity contribution < 1.29 is 18.0 Å². The van der Waals surface area contributed by atoms with Crippen LogP contribution in [0.5, 0.6) is 0 Å². The molecule has 0 radical (unpaired) electrons. The zero-order chi connectivity index (χ0) is 27.9. The van der Waals surface area contributed by atoms with Crippen LogP contribution in [-0.2, 0) is 32.6 Å². The molecule has 1 aliphatic carbocycles. The molecule has 0 saturated heterocycles. The third-order valence-corrected chi connectivity index (χ3v) is 8.79. The summed E-state index contributed by atoms with van der Waals surface area (Å²) in [6.45, 7) is 4.04. The lowest BCUT2D eigenvalue weighted by molar-refractivity contribution is -0.140. The first-order chi connectivity index (χ1) is 18.0. The second kappa shape index (κ2) is 13.7. The SMILES string of the molecule is CCc1ccc(N(CCCC(=O)N(Cc2ccc(Cl)cc2Cl)[C@@H](C)C(=O)NC2CCCC2)S(C)(=O)=O)cc1. The number of anilines is 1. The number of hydrogen-bond acceptors (Lipinski definition) is 4. The van der Waals surface area contributed by atoms with Crippen LogP contribution in [0.4, 0.5) is 5.69 Å². The van der Waals surface area contributed by atoms with Crippen molar-refractivity contribution >= 4 is 50.7 Å². The van der Waals surface area contributed by atoms with Crippen LogP contribution in [0.15, 0.2) is 42.5 Å². The fraction of sp³-hybridized carbons (Fsp3) is 0.500. The van der Waals surface area contributed by atoms with Gasteiger partial charge in [-0.15, -0.1) is 0 Å². The molecule has 0 spiro atoms. The normalized spacial score (nSPS) is 14.8. The Hall–Kier alpha value is -2.29. The summed E-state index contributed by atoms with van der Waals surface area (Å²) in [7, 11) is -3.54. The predicted octanol–water partition coefficient (Wildman–Crippen LogP) is 5.58. The van der Waals surface area contributed by atoms with E-state index in [1.54, 1.807) is 37.3 Å². The standard InChI is InChI=1S/C28H37Cl2N3O4S/c1-4-21-11-15-25(16-12-21)33(38(3,36)37)17-7-10-27(34)32(19-22-13-14-23(29)18-26(22)30)20(2)28(35)31-24-8-5-6-9-24/h11-16,18,20,24H,4-10,17,19H2,1-3H3,(H,31,35)/t20-/m0/s1. The van der Waals surface area contributed by atoms with Gasteiger partial charge in [0.2, 0.25) is 21.8 Å². The van der Waals surface area contributed by atoms with Crippen LogP contribution < -0.4 is 9.62 Å². The summed E-state index contributed by atoms with van der Waals surface area (Å²) >= 11 is 12.4. The lowest BCUT2D eigenvalue weighted by Gasteiger charge is -2.30. The Labute approximate surface area is 236 Å². The predicted molar refractivity (Wildman–Crippen MR) is 154 cm³/mol. The molecule has 7 nitrogen and oxygen atoms in total. The summed E-state index contributed by atoms with van der Waals surface area (Å²) in [5.41, 5.74) is 2.35. The highest BCUT2D eigenvalue weighted by Crippen LogP contribution is 2.25. The van der Waals surface area contributed by atoms with Crippen LogP contribution in [0.1, 0.15) is 63.5 Å². The number of benzene rings is 2. The molecule has 208 valence electrons. The van der Waals surface area contributed by atoms with E-state index in [4.69, 9.17) is 23.2 Å². The van der Waals surface area contributed by atoms with Gasteiger partial charge in [-0.3, -0.25) is 13.9 Å². The molecular formula is C28H37Cl2N3O4S. The molecule has 1 N–H and O–H groups in total. The Morgan fingerprint density at radius 2 is 1.74 bits per heavy atom. The zero-order valence-electron chi connectivity index (χ0n) is 22.3. The molecule has 2 aromatic rings. The summed E-state index contributed by atoms with van der Waals surface area (Å²) in [6.07, 6.45) is 6.43. The fourth-order valence-corrected chi connectivity index (χ4v) is 6.14. The maximum absolute atomic E-state index is 13.5. The minimum atomic E-state index is -3.54. The van der Waals surface area contributed by atoms with E-state index < -0.39 is 16.1 Å². The van der Waals surface area contributed by atoms with Gasteiger partial charge in [-0.05, 0) is 68.0 Å². The summed E-state index contributed by atoms with van der Waals surface area (Å²) in [5.74, 6) is -0.455. The van der Waals surface area contributed by atoms with Crippen LogP contribution in [0.25, 0.3) is 0 Å². The monoisotopic (exact) mass is 581 g/mol. The van der Waals surface area contributed by atoms with E-state index in [9.17, 15) is 18.0 Å². The van der Waals surface area contributed by atoms with E-state index in [1.807, 2.05) is 19.1 Å². The van der Waals surface area contributed by atoms with Gasteiger partial charge in [-0.2, -0.15) is 0 Å². The molecule has 3 rings (SSSR count). The molecule has 0 heterocycles. The Bertz CT molecular complexity index is 1220. The van der Waals surface area contributed by atoms with Crippen LogP contribution >= 0.6 is 23.2 Å². The number of carbonyl (C=O) groups excluding carboxylic acids is 2. The Morgan fingerprint density at radius 1 is 1.08 bits per heavy atom. The van der Waals surface area contributed by atoms with Crippen LogP contribution in [0.3, 0.4) is 0 Å². The van der Waals surface area contributed by atoms with Crippen LogP contribution in [0, 0.1) is 0 Å². The van der Waals surface area contributed by atoms with Crippen molar-refractivity contribution in [2.24, 2.45) is 0 Å². The highest BCUT2D eigenvalue weighted by Gasteiger charge is 2.29. The van der Waals surface area contributed by atoms with Gasteiger partial charge in [0.1, 0.15) is 6.04 Å². The number of aryl methyl sites for hydroxylation is 1. The number of sulfonamides is 1. The van der Waals surface area contributed by atoms with E-state index in [-0.39, 0.29) is 37.4 Å². The van der Waals surface area contributed by atoms with Crippen LogP contribution in [0.2, 0.25) is 10.0 Å². The van der Waals surface area contributed by atoms with E-state index in [1.165, 1.54) is 9.21 Å². The van der Waals surface area contributed by atoms with Gasteiger partial charge in [-0.1, -0.05) is 61.2 Å². The molecule has 1 atom stereocenters. The van der Waals surface area contributed by atoms with Crippen molar-refractivity contribution in [1.29, 1.82) is 0 Å². The highest BCUT2D eigenvalue weighted by molar-refractivity contribution is 7.92. The fourth-order valence-electron chi connectivity index (χ4n) is 4.71. The molecule has 2 aromatic carbocycles. The van der Waals surface area contributed by atoms with E-state index in [2.05, 4.69) is 5.32 Å². The Morgan fingerprint density at radius 3 is 2.32 bits per heavy atom. The van der Waals surface area contributed by atoms with Crippen molar-refractivity contribution in [1.82, 2.24) is 10.2 Å². The van der Waals surface area contributed by atoms with Gasteiger partial charge in [-0.25, -0.2) is 8.42 Å². The molecule has 1 aliphatic rings. The topological polar surface area (TPSA) is 86.8 Å². The maximum Gasteiger partial charge on any atom is 0.242 e. The van der Waals surface area contributed by atoms with E-state index in [0.29, 0.717) is 27.7 Å². The average Bonchev–Trinajstić information content (AvgIpc) is 3.38. The smallest absolute Gasteiger partial charge is 0.242 e. The number of carbonyl (C=O) groups is 2. The Kier molecular flexibility index (Phi) is 10.9. The third-order valence-electron chi connectivity index (χ3n) is 7.01. The average molecular weight is 583 g/mol. The lowest BCUT2D eigenvalue weighted by Crippen LogP contribution is -2.49. The van der Waals surface area contributed by atoms with Crippen LogP contribution in [-0.4, -0.2) is 50.0 Å². The summed E-state index contributed by atoms with van der Waals surface area (Å²) in [4.78, 5) is 28.1. The molecule has 0 aliphatic heterocycles. The molecule has 1 fully saturated rings. The second-order valence-electron chi connectivity index (χ2n) is 9.88. The summed E-state index contributed by atoms with van der Waals surface area (Å²) in [6, 6.07) is 11.8. The highest BCUT2D eigenvalue weighted by atomic mass is 35.5. The van der Waals surface area contributed by atoms with E-state index in [0.717, 1.165) is 43.9 Å². The Balaban J connectivity index is 1.73. The molecule has 0 bridgehead atoms. The largest absolute Gasteiger partial charge is 0.352 e.